The average molecular weight is 322 g/mol. The maximum Gasteiger partial charge on any atom is 0.179 e. The fourth-order valence-corrected chi connectivity index (χ4v) is 3.91. The van der Waals surface area contributed by atoms with Crippen molar-refractivity contribution in [1.82, 2.24) is 5.32 Å². The molecular formula is C14H21ClFNO2S. The van der Waals surface area contributed by atoms with Gasteiger partial charge in [0.25, 0.3) is 0 Å². The summed E-state index contributed by atoms with van der Waals surface area (Å²) in [6, 6.07) is 3.30. The molecule has 0 aromatic heterocycles. The van der Waals surface area contributed by atoms with Gasteiger partial charge in [0, 0.05) is 6.04 Å². The number of nitrogens with one attached hydrogen (secondary N) is 1. The molecule has 1 atom stereocenters. The van der Waals surface area contributed by atoms with Crippen LogP contribution in [0, 0.1) is 11.2 Å². The van der Waals surface area contributed by atoms with Crippen LogP contribution in [0.1, 0.15) is 27.7 Å². The first-order valence-electron chi connectivity index (χ1n) is 6.49. The Kier molecular flexibility index (Phi) is 5.58. The van der Waals surface area contributed by atoms with Gasteiger partial charge in [-0.2, -0.15) is 0 Å². The first kappa shape index (κ1) is 17.4. The zero-order valence-electron chi connectivity index (χ0n) is 12.2. The normalized spacial score (nSPS) is 14.3. The molecule has 6 heteroatoms. The molecule has 1 aromatic rings. The lowest BCUT2D eigenvalue weighted by Gasteiger charge is -2.31. The highest BCUT2D eigenvalue weighted by atomic mass is 35.5. The number of benzene rings is 1. The summed E-state index contributed by atoms with van der Waals surface area (Å²) in [7, 11) is -3.52. The van der Waals surface area contributed by atoms with Crippen molar-refractivity contribution >= 4 is 21.4 Å². The molecule has 1 aromatic carbocycles. The zero-order chi connectivity index (χ0) is 15.6. The lowest BCUT2D eigenvalue weighted by atomic mass is 9.88. The molecule has 0 fully saturated rings. The first-order chi connectivity index (χ1) is 9.08. The molecule has 3 nitrogen and oxygen atoms in total. The van der Waals surface area contributed by atoms with Crippen LogP contribution in [0.25, 0.3) is 0 Å². The summed E-state index contributed by atoms with van der Waals surface area (Å²) in [5, 5.41) is 3.01. The van der Waals surface area contributed by atoms with Gasteiger partial charge < -0.3 is 5.32 Å². The molecule has 1 N–H and O–H groups in total. The van der Waals surface area contributed by atoms with Crippen LogP contribution in [0.5, 0.6) is 0 Å². The van der Waals surface area contributed by atoms with E-state index in [1.165, 1.54) is 6.07 Å². The van der Waals surface area contributed by atoms with Crippen LogP contribution in [-0.2, 0) is 9.84 Å². The summed E-state index contributed by atoms with van der Waals surface area (Å²) >= 11 is 5.65. The summed E-state index contributed by atoms with van der Waals surface area (Å²) in [6.45, 7) is 8.55. The molecule has 0 aliphatic carbocycles. The van der Waals surface area contributed by atoms with Gasteiger partial charge in [0.05, 0.1) is 15.7 Å². The maximum atomic E-state index is 13.1. The van der Waals surface area contributed by atoms with Crippen LogP contribution in [0.4, 0.5) is 4.39 Å². The topological polar surface area (TPSA) is 46.2 Å². The standard InChI is InChI=1S/C14H21ClFNO2S/c1-5-17-13(14(2,3)4)9-20(18,19)10-6-7-12(16)11(15)8-10/h6-8,13,17H,5,9H2,1-4H3. The monoisotopic (exact) mass is 321 g/mol. The summed E-state index contributed by atoms with van der Waals surface area (Å²) in [6.07, 6.45) is 0. The summed E-state index contributed by atoms with van der Waals surface area (Å²) < 4.78 is 37.9. The molecule has 0 aliphatic heterocycles. The Bertz CT molecular complexity index is 567. The Morgan fingerprint density at radius 3 is 2.40 bits per heavy atom. The van der Waals surface area contributed by atoms with Crippen molar-refractivity contribution in [1.29, 1.82) is 0 Å². The Balaban J connectivity index is 3.06. The molecule has 0 saturated carbocycles. The minimum absolute atomic E-state index is 0.0493. The van der Waals surface area contributed by atoms with Crippen molar-refractivity contribution < 1.29 is 12.8 Å². The smallest absolute Gasteiger partial charge is 0.179 e. The summed E-state index contributed by atoms with van der Waals surface area (Å²) in [5.41, 5.74) is -0.201. The van der Waals surface area contributed by atoms with Crippen molar-refractivity contribution in [2.24, 2.45) is 5.41 Å². The Morgan fingerprint density at radius 1 is 1.35 bits per heavy atom. The first-order valence-corrected chi connectivity index (χ1v) is 8.52. The second-order valence-corrected chi connectivity index (χ2v) is 8.28. The van der Waals surface area contributed by atoms with Gasteiger partial charge in [-0.1, -0.05) is 39.3 Å². The van der Waals surface area contributed by atoms with E-state index in [1.54, 1.807) is 0 Å². The highest BCUT2D eigenvalue weighted by Crippen LogP contribution is 2.25. The zero-order valence-corrected chi connectivity index (χ0v) is 13.8. The predicted molar refractivity (Wildman–Crippen MR) is 80.4 cm³/mol. The molecule has 0 heterocycles. The third-order valence-corrected chi connectivity index (χ3v) is 5.17. The molecule has 0 radical (unpaired) electrons. The molecule has 0 aliphatic rings. The lowest BCUT2D eigenvalue weighted by molar-refractivity contribution is 0.292. The summed E-state index contributed by atoms with van der Waals surface area (Å²) in [5.74, 6) is -0.670. The highest BCUT2D eigenvalue weighted by Gasteiger charge is 2.30. The SMILES string of the molecule is CCNC(CS(=O)(=O)c1ccc(F)c(Cl)c1)C(C)(C)C. The summed E-state index contributed by atoms with van der Waals surface area (Å²) in [4.78, 5) is 0.0519. The second kappa shape index (κ2) is 6.41. The quantitative estimate of drug-likeness (QED) is 0.847. The largest absolute Gasteiger partial charge is 0.313 e. The van der Waals surface area contributed by atoms with Gasteiger partial charge in [-0.3, -0.25) is 0 Å². The molecular weight excluding hydrogens is 301 g/mol. The minimum atomic E-state index is -3.52. The van der Waals surface area contributed by atoms with E-state index in [0.717, 1.165) is 12.1 Å². The molecule has 1 rings (SSSR count). The Morgan fingerprint density at radius 2 is 1.95 bits per heavy atom. The Hall–Kier alpha value is -0.650. The van der Waals surface area contributed by atoms with E-state index >= 15 is 0 Å². The van der Waals surface area contributed by atoms with E-state index in [9.17, 15) is 12.8 Å². The van der Waals surface area contributed by atoms with Gasteiger partial charge in [0.2, 0.25) is 0 Å². The van der Waals surface area contributed by atoms with Crippen molar-refractivity contribution in [3.63, 3.8) is 0 Å². The van der Waals surface area contributed by atoms with Gasteiger partial charge in [-0.05, 0) is 30.2 Å². The van der Waals surface area contributed by atoms with E-state index < -0.39 is 15.7 Å². The van der Waals surface area contributed by atoms with Crippen molar-refractivity contribution in [3.05, 3.63) is 29.0 Å². The third-order valence-electron chi connectivity index (χ3n) is 3.13. The molecule has 114 valence electrons. The van der Waals surface area contributed by atoms with E-state index in [0.29, 0.717) is 6.54 Å². The predicted octanol–water partition coefficient (Wildman–Crippen LogP) is 3.28. The van der Waals surface area contributed by atoms with Crippen molar-refractivity contribution in [2.45, 2.75) is 38.6 Å². The van der Waals surface area contributed by atoms with Gasteiger partial charge in [0.1, 0.15) is 5.82 Å². The molecule has 20 heavy (non-hydrogen) atoms. The van der Waals surface area contributed by atoms with E-state index in [1.807, 2.05) is 27.7 Å². The molecule has 1 unspecified atom stereocenters. The molecule has 0 bridgehead atoms. The number of hydrogen-bond acceptors (Lipinski definition) is 3. The highest BCUT2D eigenvalue weighted by molar-refractivity contribution is 7.91. The number of sulfone groups is 1. The molecule has 0 amide bonds. The van der Waals surface area contributed by atoms with Crippen LogP contribution in [0.15, 0.2) is 23.1 Å². The van der Waals surface area contributed by atoms with Crippen LogP contribution < -0.4 is 5.32 Å². The second-order valence-electron chi connectivity index (χ2n) is 5.83. The minimum Gasteiger partial charge on any atom is -0.313 e. The maximum absolute atomic E-state index is 13.1. The number of rotatable bonds is 5. The van der Waals surface area contributed by atoms with Gasteiger partial charge >= 0.3 is 0 Å². The fourth-order valence-electron chi connectivity index (χ4n) is 1.85. The van der Waals surface area contributed by atoms with Crippen LogP contribution in [-0.4, -0.2) is 26.8 Å². The number of hydrogen-bond donors (Lipinski definition) is 1. The fraction of sp³-hybridized carbons (Fsp3) is 0.571. The Labute approximate surface area is 125 Å². The molecule has 0 saturated heterocycles. The van der Waals surface area contributed by atoms with Gasteiger partial charge in [-0.25, -0.2) is 12.8 Å². The lowest BCUT2D eigenvalue weighted by Crippen LogP contribution is -2.45. The van der Waals surface area contributed by atoms with Crippen LogP contribution in [0.3, 0.4) is 0 Å². The van der Waals surface area contributed by atoms with E-state index in [-0.39, 0.29) is 27.1 Å². The average Bonchev–Trinajstić information content (AvgIpc) is 2.30. The third kappa shape index (κ3) is 4.43. The molecule has 0 spiro atoms. The van der Waals surface area contributed by atoms with Crippen molar-refractivity contribution in [2.75, 3.05) is 12.3 Å². The van der Waals surface area contributed by atoms with Gasteiger partial charge in [-0.15, -0.1) is 0 Å². The van der Waals surface area contributed by atoms with Gasteiger partial charge in [0.15, 0.2) is 9.84 Å². The van der Waals surface area contributed by atoms with E-state index in [4.69, 9.17) is 11.6 Å². The van der Waals surface area contributed by atoms with E-state index in [2.05, 4.69) is 5.32 Å². The number of halogens is 2. The van der Waals surface area contributed by atoms with Crippen molar-refractivity contribution in [3.8, 4) is 0 Å². The van der Waals surface area contributed by atoms with Crippen LogP contribution >= 0.6 is 11.6 Å². The van der Waals surface area contributed by atoms with Crippen LogP contribution in [0.2, 0.25) is 5.02 Å².